The molecule has 0 unspecified atom stereocenters. The van der Waals surface area contributed by atoms with E-state index in [1.807, 2.05) is 25.5 Å². The van der Waals surface area contributed by atoms with Gasteiger partial charge >= 0.3 is 0 Å². The molecule has 1 aliphatic rings. The van der Waals surface area contributed by atoms with Crippen LogP contribution in [0.25, 0.3) is 0 Å². The molecule has 3 heterocycles. The van der Waals surface area contributed by atoms with Crippen LogP contribution in [0.4, 0.5) is 0 Å². The Bertz CT molecular complexity index is 637. The maximum atomic E-state index is 5.87. The number of hydrogen-bond acceptors (Lipinski definition) is 7. The molecule has 2 aromatic rings. The number of ether oxygens (including phenoxy) is 1. The van der Waals surface area contributed by atoms with Crippen molar-refractivity contribution >= 4 is 0 Å². The third kappa shape index (κ3) is 3.17. The SMILES string of the molecule is Cc1noc([C@H](C)N2CCO[C@H](Cn3nc(C)nc3C)C2)n1. The van der Waals surface area contributed by atoms with E-state index in [4.69, 9.17) is 9.26 Å². The lowest BCUT2D eigenvalue weighted by molar-refractivity contribution is -0.0535. The third-order valence-electron chi connectivity index (χ3n) is 3.96. The summed E-state index contributed by atoms with van der Waals surface area (Å²) in [6, 6.07) is 0.0891. The molecule has 0 amide bonds. The molecule has 0 N–H and O–H groups in total. The molecule has 0 saturated carbocycles. The fraction of sp³-hybridized carbons (Fsp3) is 0.714. The van der Waals surface area contributed by atoms with Crippen LogP contribution in [0.1, 0.15) is 36.3 Å². The van der Waals surface area contributed by atoms with Gasteiger partial charge in [0.15, 0.2) is 5.82 Å². The van der Waals surface area contributed by atoms with Crippen LogP contribution in [0.2, 0.25) is 0 Å². The molecule has 1 saturated heterocycles. The largest absolute Gasteiger partial charge is 0.374 e. The van der Waals surface area contributed by atoms with Crippen molar-refractivity contribution in [3.05, 3.63) is 23.4 Å². The van der Waals surface area contributed by atoms with Gasteiger partial charge in [0, 0.05) is 13.1 Å². The Kier molecular flexibility index (Phi) is 4.21. The highest BCUT2D eigenvalue weighted by molar-refractivity contribution is 4.93. The highest BCUT2D eigenvalue weighted by atomic mass is 16.5. The summed E-state index contributed by atoms with van der Waals surface area (Å²) < 4.78 is 13.1. The summed E-state index contributed by atoms with van der Waals surface area (Å²) in [6.07, 6.45) is 0.0834. The minimum absolute atomic E-state index is 0.0834. The summed E-state index contributed by atoms with van der Waals surface area (Å²) in [4.78, 5) is 11.0. The normalized spacial score (nSPS) is 21.2. The molecule has 120 valence electrons. The van der Waals surface area contributed by atoms with E-state index in [9.17, 15) is 0 Å². The first-order valence-corrected chi connectivity index (χ1v) is 7.57. The molecule has 22 heavy (non-hydrogen) atoms. The molecule has 1 fully saturated rings. The van der Waals surface area contributed by atoms with Gasteiger partial charge in [-0.05, 0) is 27.7 Å². The van der Waals surface area contributed by atoms with E-state index in [2.05, 4.69) is 32.0 Å². The number of rotatable bonds is 4. The minimum atomic E-state index is 0.0834. The lowest BCUT2D eigenvalue weighted by atomic mass is 10.2. The van der Waals surface area contributed by atoms with E-state index in [-0.39, 0.29) is 12.1 Å². The fourth-order valence-electron chi connectivity index (χ4n) is 2.77. The van der Waals surface area contributed by atoms with Crippen LogP contribution < -0.4 is 0 Å². The van der Waals surface area contributed by atoms with Gasteiger partial charge in [-0.15, -0.1) is 0 Å². The summed E-state index contributed by atoms with van der Waals surface area (Å²) >= 11 is 0. The molecular formula is C14H22N6O2. The lowest BCUT2D eigenvalue weighted by Gasteiger charge is -2.35. The van der Waals surface area contributed by atoms with Gasteiger partial charge in [-0.1, -0.05) is 5.16 Å². The Morgan fingerprint density at radius 1 is 1.23 bits per heavy atom. The molecule has 0 bridgehead atoms. The molecule has 0 radical (unpaired) electrons. The summed E-state index contributed by atoms with van der Waals surface area (Å²) in [5.41, 5.74) is 0. The minimum Gasteiger partial charge on any atom is -0.374 e. The zero-order chi connectivity index (χ0) is 15.7. The van der Waals surface area contributed by atoms with Crippen molar-refractivity contribution in [2.45, 2.75) is 46.4 Å². The average Bonchev–Trinajstić information content (AvgIpc) is 3.05. The second-order valence-corrected chi connectivity index (χ2v) is 5.73. The molecule has 2 atom stereocenters. The fourth-order valence-corrected chi connectivity index (χ4v) is 2.77. The zero-order valence-electron chi connectivity index (χ0n) is 13.5. The zero-order valence-corrected chi connectivity index (χ0v) is 13.5. The second kappa shape index (κ2) is 6.13. The van der Waals surface area contributed by atoms with Crippen LogP contribution >= 0.6 is 0 Å². The molecule has 3 rings (SSSR count). The van der Waals surface area contributed by atoms with E-state index in [1.54, 1.807) is 0 Å². The average molecular weight is 306 g/mol. The summed E-state index contributed by atoms with van der Waals surface area (Å²) in [7, 11) is 0. The van der Waals surface area contributed by atoms with Crippen LogP contribution in [0.3, 0.4) is 0 Å². The molecule has 0 aromatic carbocycles. The predicted molar refractivity (Wildman–Crippen MR) is 78.3 cm³/mol. The predicted octanol–water partition coefficient (Wildman–Crippen LogP) is 1.05. The monoisotopic (exact) mass is 306 g/mol. The van der Waals surface area contributed by atoms with Gasteiger partial charge in [0.25, 0.3) is 0 Å². The van der Waals surface area contributed by atoms with Gasteiger partial charge in [0.1, 0.15) is 11.6 Å². The summed E-state index contributed by atoms with van der Waals surface area (Å²) in [6.45, 7) is 10.8. The number of morpholine rings is 1. The van der Waals surface area contributed by atoms with Crippen molar-refractivity contribution in [2.24, 2.45) is 0 Å². The van der Waals surface area contributed by atoms with Crippen molar-refractivity contribution in [3.63, 3.8) is 0 Å². The van der Waals surface area contributed by atoms with Crippen LogP contribution in [0.15, 0.2) is 4.52 Å². The first kappa shape index (κ1) is 15.1. The maximum Gasteiger partial charge on any atom is 0.243 e. The lowest BCUT2D eigenvalue weighted by Crippen LogP contribution is -2.45. The van der Waals surface area contributed by atoms with Gasteiger partial charge in [0.05, 0.1) is 25.3 Å². The maximum absolute atomic E-state index is 5.87. The smallest absolute Gasteiger partial charge is 0.243 e. The molecule has 2 aromatic heterocycles. The molecule has 1 aliphatic heterocycles. The number of aromatic nitrogens is 5. The van der Waals surface area contributed by atoms with Crippen molar-refractivity contribution in [1.29, 1.82) is 0 Å². The van der Waals surface area contributed by atoms with Crippen LogP contribution in [-0.2, 0) is 11.3 Å². The van der Waals surface area contributed by atoms with Gasteiger partial charge in [0.2, 0.25) is 5.89 Å². The Labute approximate surface area is 129 Å². The van der Waals surface area contributed by atoms with E-state index >= 15 is 0 Å². The van der Waals surface area contributed by atoms with E-state index in [0.29, 0.717) is 24.9 Å². The highest BCUT2D eigenvalue weighted by Gasteiger charge is 2.28. The Morgan fingerprint density at radius 3 is 2.68 bits per heavy atom. The number of hydrogen-bond donors (Lipinski definition) is 0. The quantitative estimate of drug-likeness (QED) is 0.835. The molecule has 0 spiro atoms. The van der Waals surface area contributed by atoms with E-state index in [1.165, 1.54) is 0 Å². The van der Waals surface area contributed by atoms with Crippen molar-refractivity contribution in [3.8, 4) is 0 Å². The number of nitrogens with zero attached hydrogens (tertiary/aromatic N) is 6. The first-order valence-electron chi connectivity index (χ1n) is 7.57. The van der Waals surface area contributed by atoms with Gasteiger partial charge in [-0.2, -0.15) is 10.1 Å². The Balaban J connectivity index is 1.65. The van der Waals surface area contributed by atoms with Crippen LogP contribution in [0.5, 0.6) is 0 Å². The summed E-state index contributed by atoms with van der Waals surface area (Å²) in [5.74, 6) is 3.03. The van der Waals surface area contributed by atoms with Crippen molar-refractivity contribution in [2.75, 3.05) is 19.7 Å². The van der Waals surface area contributed by atoms with Gasteiger partial charge < -0.3 is 9.26 Å². The summed E-state index contributed by atoms with van der Waals surface area (Å²) in [5, 5.41) is 8.27. The third-order valence-corrected chi connectivity index (χ3v) is 3.96. The van der Waals surface area contributed by atoms with Crippen molar-refractivity contribution in [1.82, 2.24) is 29.8 Å². The molecule has 8 nitrogen and oxygen atoms in total. The number of aryl methyl sites for hydroxylation is 3. The molecular weight excluding hydrogens is 284 g/mol. The first-order chi connectivity index (χ1) is 10.5. The second-order valence-electron chi connectivity index (χ2n) is 5.73. The van der Waals surface area contributed by atoms with Crippen LogP contribution in [0, 0.1) is 20.8 Å². The Morgan fingerprint density at radius 2 is 2.05 bits per heavy atom. The van der Waals surface area contributed by atoms with Gasteiger partial charge in [-0.3, -0.25) is 4.90 Å². The standard InChI is InChI=1S/C14H22N6O2/c1-9(14-16-11(3)18-22-14)19-5-6-21-13(7-19)8-20-12(4)15-10(2)17-20/h9,13H,5-8H2,1-4H3/t9-,13-/m0/s1. The van der Waals surface area contributed by atoms with Gasteiger partial charge in [-0.25, -0.2) is 9.67 Å². The molecule has 8 heteroatoms. The highest BCUT2D eigenvalue weighted by Crippen LogP contribution is 2.21. The topological polar surface area (TPSA) is 82.1 Å². The Hall–Kier alpha value is -1.80. The van der Waals surface area contributed by atoms with Crippen molar-refractivity contribution < 1.29 is 9.26 Å². The van der Waals surface area contributed by atoms with Crippen LogP contribution in [-0.4, -0.2) is 55.6 Å². The van der Waals surface area contributed by atoms with E-state index in [0.717, 1.165) is 24.7 Å². The van der Waals surface area contributed by atoms with E-state index < -0.39 is 0 Å². The molecule has 0 aliphatic carbocycles.